The van der Waals surface area contributed by atoms with Gasteiger partial charge in [0.25, 0.3) is 0 Å². The highest BCUT2D eigenvalue weighted by Gasteiger charge is 2.21. The van der Waals surface area contributed by atoms with Gasteiger partial charge in [0.1, 0.15) is 6.10 Å². The summed E-state index contributed by atoms with van der Waals surface area (Å²) in [6.07, 6.45) is -0.157. The van der Waals surface area contributed by atoms with Gasteiger partial charge in [-0.2, -0.15) is 0 Å². The number of thiophene rings is 1. The van der Waals surface area contributed by atoms with E-state index in [-0.39, 0.29) is 12.1 Å². The molecule has 0 fully saturated rings. The third kappa shape index (κ3) is 3.52. The highest BCUT2D eigenvalue weighted by Crippen LogP contribution is 2.34. The zero-order valence-electron chi connectivity index (χ0n) is 12.1. The second-order valence-corrected chi connectivity index (χ2v) is 6.05. The van der Waals surface area contributed by atoms with Crippen LogP contribution in [0.15, 0.2) is 36.4 Å². The van der Waals surface area contributed by atoms with Crippen LogP contribution in [0.5, 0.6) is 11.5 Å². The molecular weight excluding hydrogens is 270 g/mol. The SMILES string of the molecule is CCOc1ccccc1OC(c1ccc(C)s1)C(C)N. The van der Waals surface area contributed by atoms with E-state index in [1.807, 2.05) is 38.1 Å². The van der Waals surface area contributed by atoms with E-state index >= 15 is 0 Å². The molecule has 0 aliphatic carbocycles. The quantitative estimate of drug-likeness (QED) is 0.877. The molecule has 2 aromatic rings. The van der Waals surface area contributed by atoms with Crippen LogP contribution in [-0.4, -0.2) is 12.6 Å². The van der Waals surface area contributed by atoms with Crippen molar-refractivity contribution in [1.82, 2.24) is 0 Å². The lowest BCUT2D eigenvalue weighted by Crippen LogP contribution is -2.28. The number of ether oxygens (including phenoxy) is 2. The Labute approximate surface area is 124 Å². The summed E-state index contributed by atoms with van der Waals surface area (Å²) in [5.41, 5.74) is 6.09. The van der Waals surface area contributed by atoms with E-state index in [9.17, 15) is 0 Å². The van der Waals surface area contributed by atoms with E-state index in [1.54, 1.807) is 11.3 Å². The molecule has 108 valence electrons. The van der Waals surface area contributed by atoms with Crippen molar-refractivity contribution >= 4 is 11.3 Å². The van der Waals surface area contributed by atoms with Crippen LogP contribution in [0.25, 0.3) is 0 Å². The fourth-order valence-electron chi connectivity index (χ4n) is 1.99. The average molecular weight is 291 g/mol. The van der Waals surface area contributed by atoms with Crippen molar-refractivity contribution < 1.29 is 9.47 Å². The van der Waals surface area contributed by atoms with E-state index in [0.29, 0.717) is 6.61 Å². The van der Waals surface area contributed by atoms with Gasteiger partial charge >= 0.3 is 0 Å². The van der Waals surface area contributed by atoms with Crippen molar-refractivity contribution in [1.29, 1.82) is 0 Å². The summed E-state index contributed by atoms with van der Waals surface area (Å²) in [6, 6.07) is 11.8. The molecule has 1 aromatic carbocycles. The summed E-state index contributed by atoms with van der Waals surface area (Å²) >= 11 is 1.72. The van der Waals surface area contributed by atoms with Gasteiger partial charge in [0.2, 0.25) is 0 Å². The Morgan fingerprint density at radius 2 is 1.85 bits per heavy atom. The highest BCUT2D eigenvalue weighted by atomic mass is 32.1. The standard InChI is InChI=1S/C16H21NO2S/c1-4-18-13-7-5-6-8-14(13)19-16(12(3)17)15-10-9-11(2)20-15/h5-10,12,16H,4,17H2,1-3H3. The van der Waals surface area contributed by atoms with Crippen molar-refractivity contribution in [3.63, 3.8) is 0 Å². The molecular formula is C16H21NO2S. The van der Waals surface area contributed by atoms with Crippen molar-refractivity contribution in [2.75, 3.05) is 6.61 Å². The molecule has 3 nitrogen and oxygen atoms in total. The van der Waals surface area contributed by atoms with Crippen molar-refractivity contribution in [2.24, 2.45) is 5.73 Å². The molecule has 0 radical (unpaired) electrons. The monoisotopic (exact) mass is 291 g/mol. The zero-order valence-corrected chi connectivity index (χ0v) is 12.9. The van der Waals surface area contributed by atoms with Gasteiger partial charge in [0.15, 0.2) is 11.5 Å². The summed E-state index contributed by atoms with van der Waals surface area (Å²) in [5, 5.41) is 0. The molecule has 4 heteroatoms. The Kier molecular flexibility index (Phi) is 5.04. The van der Waals surface area contributed by atoms with Crippen LogP contribution < -0.4 is 15.2 Å². The van der Waals surface area contributed by atoms with Gasteiger partial charge in [0, 0.05) is 15.8 Å². The van der Waals surface area contributed by atoms with Gasteiger partial charge in [-0.05, 0) is 45.0 Å². The number of nitrogens with two attached hydrogens (primary N) is 1. The van der Waals surface area contributed by atoms with Crippen LogP contribution >= 0.6 is 11.3 Å². The van der Waals surface area contributed by atoms with Gasteiger partial charge in [-0.1, -0.05) is 12.1 Å². The first-order valence-electron chi connectivity index (χ1n) is 6.82. The normalized spacial score (nSPS) is 13.8. The maximum atomic E-state index is 6.12. The molecule has 0 bridgehead atoms. The molecule has 2 N–H and O–H groups in total. The smallest absolute Gasteiger partial charge is 0.162 e. The molecule has 0 spiro atoms. The molecule has 0 saturated carbocycles. The summed E-state index contributed by atoms with van der Waals surface area (Å²) in [7, 11) is 0. The van der Waals surface area contributed by atoms with Crippen LogP contribution in [0.1, 0.15) is 29.7 Å². The number of benzene rings is 1. The Balaban J connectivity index is 2.25. The van der Waals surface area contributed by atoms with Gasteiger partial charge in [-0.25, -0.2) is 0 Å². The molecule has 2 rings (SSSR count). The van der Waals surface area contributed by atoms with Crippen LogP contribution in [0.4, 0.5) is 0 Å². The maximum absolute atomic E-state index is 6.12. The van der Waals surface area contributed by atoms with Gasteiger partial charge in [0.05, 0.1) is 6.61 Å². The summed E-state index contributed by atoms with van der Waals surface area (Å²) in [5.74, 6) is 1.50. The minimum Gasteiger partial charge on any atom is -0.490 e. The van der Waals surface area contributed by atoms with E-state index in [1.165, 1.54) is 4.88 Å². The number of hydrogen-bond donors (Lipinski definition) is 1. The van der Waals surface area contributed by atoms with Crippen LogP contribution in [0, 0.1) is 6.92 Å². The third-order valence-electron chi connectivity index (χ3n) is 2.92. The second-order valence-electron chi connectivity index (χ2n) is 4.73. The topological polar surface area (TPSA) is 44.5 Å². The average Bonchev–Trinajstić information content (AvgIpc) is 2.84. The minimum atomic E-state index is -0.157. The van der Waals surface area contributed by atoms with E-state index in [2.05, 4.69) is 19.1 Å². The number of hydrogen-bond acceptors (Lipinski definition) is 4. The number of aryl methyl sites for hydroxylation is 1. The molecule has 0 amide bonds. The lowest BCUT2D eigenvalue weighted by atomic mass is 10.1. The van der Waals surface area contributed by atoms with Crippen molar-refractivity contribution in [3.05, 3.63) is 46.2 Å². The van der Waals surface area contributed by atoms with Crippen LogP contribution in [0.3, 0.4) is 0 Å². The summed E-state index contributed by atoms with van der Waals surface area (Å²) in [6.45, 7) is 6.62. The Morgan fingerprint density at radius 3 is 2.40 bits per heavy atom. The Hall–Kier alpha value is -1.52. The fraction of sp³-hybridized carbons (Fsp3) is 0.375. The van der Waals surface area contributed by atoms with Crippen molar-refractivity contribution in [2.45, 2.75) is 32.9 Å². The Morgan fingerprint density at radius 1 is 1.15 bits per heavy atom. The third-order valence-corrected chi connectivity index (χ3v) is 3.98. The molecule has 1 heterocycles. The van der Waals surface area contributed by atoms with Crippen molar-refractivity contribution in [3.8, 4) is 11.5 Å². The molecule has 0 saturated heterocycles. The largest absolute Gasteiger partial charge is 0.490 e. The first-order chi connectivity index (χ1) is 9.61. The number of rotatable bonds is 6. The van der Waals surface area contributed by atoms with Gasteiger partial charge in [-0.15, -0.1) is 11.3 Å². The van der Waals surface area contributed by atoms with E-state index in [4.69, 9.17) is 15.2 Å². The summed E-state index contributed by atoms with van der Waals surface area (Å²) in [4.78, 5) is 2.40. The number of para-hydroxylation sites is 2. The Bertz CT molecular complexity index is 551. The zero-order chi connectivity index (χ0) is 14.5. The fourth-order valence-corrected chi connectivity index (χ4v) is 3.01. The highest BCUT2D eigenvalue weighted by molar-refractivity contribution is 7.12. The molecule has 1 aromatic heterocycles. The van der Waals surface area contributed by atoms with E-state index in [0.717, 1.165) is 16.4 Å². The van der Waals surface area contributed by atoms with Crippen LogP contribution in [-0.2, 0) is 0 Å². The minimum absolute atomic E-state index is 0.0947. The van der Waals surface area contributed by atoms with Crippen LogP contribution in [0.2, 0.25) is 0 Å². The molecule has 2 atom stereocenters. The first-order valence-corrected chi connectivity index (χ1v) is 7.64. The summed E-state index contributed by atoms with van der Waals surface area (Å²) < 4.78 is 11.7. The van der Waals surface area contributed by atoms with Gasteiger partial charge in [-0.3, -0.25) is 0 Å². The molecule has 2 unspecified atom stereocenters. The van der Waals surface area contributed by atoms with E-state index < -0.39 is 0 Å². The molecule has 20 heavy (non-hydrogen) atoms. The second kappa shape index (κ2) is 6.77. The lowest BCUT2D eigenvalue weighted by Gasteiger charge is -2.22. The molecule has 0 aliphatic rings. The molecule has 0 aliphatic heterocycles. The maximum Gasteiger partial charge on any atom is 0.162 e. The predicted molar refractivity (Wildman–Crippen MR) is 83.7 cm³/mol. The van der Waals surface area contributed by atoms with Gasteiger partial charge < -0.3 is 15.2 Å². The lowest BCUT2D eigenvalue weighted by molar-refractivity contribution is 0.174. The first kappa shape index (κ1) is 14.9. The predicted octanol–water partition coefficient (Wildman–Crippen LogP) is 3.92.